The van der Waals surface area contributed by atoms with Crippen molar-refractivity contribution in [3.05, 3.63) is 34.3 Å². The van der Waals surface area contributed by atoms with Crippen LogP contribution in [0.25, 0.3) is 0 Å². The van der Waals surface area contributed by atoms with E-state index in [1.165, 1.54) is 0 Å². The van der Waals surface area contributed by atoms with Crippen molar-refractivity contribution in [2.75, 3.05) is 6.54 Å². The number of rotatable bonds is 7. The summed E-state index contributed by atoms with van der Waals surface area (Å²) in [5, 5.41) is 3.63. The molecular formula is C12H16ClN3O2. The number of benzene rings is 1. The summed E-state index contributed by atoms with van der Waals surface area (Å²) in [6.07, 6.45) is 1.05. The first-order chi connectivity index (χ1) is 8.50. The quantitative estimate of drug-likeness (QED) is 0.638. The van der Waals surface area contributed by atoms with E-state index in [2.05, 4.69) is 5.32 Å². The first-order valence-corrected chi connectivity index (χ1v) is 5.95. The number of hydrogen-bond acceptors (Lipinski definition) is 3. The van der Waals surface area contributed by atoms with Crippen molar-refractivity contribution in [1.82, 2.24) is 5.32 Å². The minimum absolute atomic E-state index is 0.305. The highest BCUT2D eigenvalue weighted by molar-refractivity contribution is 6.31. The van der Waals surface area contributed by atoms with Crippen LogP contribution in [0.2, 0.25) is 5.02 Å². The number of hydrogen-bond donors (Lipinski definition) is 3. The van der Waals surface area contributed by atoms with Crippen molar-refractivity contribution in [2.24, 2.45) is 11.5 Å². The highest BCUT2D eigenvalue weighted by Crippen LogP contribution is 2.17. The molecule has 0 spiro atoms. The average Bonchev–Trinajstić information content (AvgIpc) is 2.29. The number of amides is 2. The minimum atomic E-state index is -0.502. The molecule has 0 aromatic heterocycles. The van der Waals surface area contributed by atoms with Crippen LogP contribution < -0.4 is 16.8 Å². The summed E-state index contributed by atoms with van der Waals surface area (Å²) in [6, 6.07) is 4.93. The second-order valence-electron chi connectivity index (χ2n) is 3.92. The second kappa shape index (κ2) is 6.98. The monoisotopic (exact) mass is 269 g/mol. The Hall–Kier alpha value is -1.59. The third kappa shape index (κ3) is 4.73. The summed E-state index contributed by atoms with van der Waals surface area (Å²) in [6.45, 7) is 1.24. The largest absolute Gasteiger partial charge is 0.370 e. The maximum Gasteiger partial charge on any atom is 0.248 e. The molecule has 0 unspecified atom stereocenters. The highest BCUT2D eigenvalue weighted by atomic mass is 35.5. The van der Waals surface area contributed by atoms with Gasteiger partial charge in [0.15, 0.2) is 0 Å². The zero-order chi connectivity index (χ0) is 13.5. The molecule has 0 aliphatic heterocycles. The van der Waals surface area contributed by atoms with E-state index in [1.54, 1.807) is 18.2 Å². The van der Waals surface area contributed by atoms with Crippen LogP contribution >= 0.6 is 11.6 Å². The van der Waals surface area contributed by atoms with Crippen molar-refractivity contribution in [2.45, 2.75) is 19.4 Å². The van der Waals surface area contributed by atoms with Crippen molar-refractivity contribution in [3.8, 4) is 0 Å². The molecular weight excluding hydrogens is 254 g/mol. The second-order valence-corrected chi connectivity index (χ2v) is 4.32. The van der Waals surface area contributed by atoms with Gasteiger partial charge >= 0.3 is 0 Å². The van der Waals surface area contributed by atoms with Gasteiger partial charge in [-0.1, -0.05) is 17.7 Å². The van der Waals surface area contributed by atoms with Crippen LogP contribution in [0.1, 0.15) is 28.8 Å². The third-order valence-electron chi connectivity index (χ3n) is 2.43. The molecule has 5 nitrogen and oxygen atoms in total. The van der Waals surface area contributed by atoms with E-state index in [0.29, 0.717) is 36.5 Å². The summed E-state index contributed by atoms with van der Waals surface area (Å²) in [5.74, 6) is -0.807. The predicted molar refractivity (Wildman–Crippen MR) is 70.1 cm³/mol. The molecule has 0 saturated carbocycles. The van der Waals surface area contributed by atoms with Gasteiger partial charge in [0, 0.05) is 23.6 Å². The Balaban J connectivity index is 2.43. The van der Waals surface area contributed by atoms with Gasteiger partial charge < -0.3 is 16.8 Å². The van der Waals surface area contributed by atoms with Gasteiger partial charge in [-0.25, -0.2) is 0 Å². The molecule has 1 rings (SSSR count). The standard InChI is InChI=1S/C12H16ClN3O2/c13-10-6-8(12(15)18)3-4-9(10)7-16-5-1-2-11(14)17/h3-4,6,16H,1-2,5,7H2,(H2,14,17)(H2,15,18). The molecule has 0 aliphatic rings. The Bertz CT molecular complexity index is 449. The SMILES string of the molecule is NC(=O)CCCNCc1ccc(C(N)=O)cc1Cl. The molecule has 0 aliphatic carbocycles. The number of carbonyl (C=O) groups is 2. The molecule has 6 heteroatoms. The number of nitrogens with two attached hydrogens (primary N) is 2. The summed E-state index contributed by atoms with van der Waals surface area (Å²) in [4.78, 5) is 21.4. The van der Waals surface area contributed by atoms with Crippen LogP contribution in [-0.4, -0.2) is 18.4 Å². The molecule has 1 aromatic rings. The lowest BCUT2D eigenvalue weighted by atomic mass is 10.1. The molecule has 0 bridgehead atoms. The summed E-state index contributed by atoms with van der Waals surface area (Å²) in [5.41, 5.74) is 11.4. The van der Waals surface area contributed by atoms with Crippen LogP contribution in [0.4, 0.5) is 0 Å². The van der Waals surface area contributed by atoms with Crippen LogP contribution in [0.3, 0.4) is 0 Å². The molecule has 0 fully saturated rings. The fraction of sp³-hybridized carbons (Fsp3) is 0.333. The predicted octanol–water partition coefficient (Wildman–Crippen LogP) is 0.794. The van der Waals surface area contributed by atoms with Gasteiger partial charge in [-0.15, -0.1) is 0 Å². The summed E-state index contributed by atoms with van der Waals surface area (Å²) < 4.78 is 0. The van der Waals surface area contributed by atoms with E-state index in [-0.39, 0.29) is 5.91 Å². The average molecular weight is 270 g/mol. The molecule has 0 atom stereocenters. The molecule has 98 valence electrons. The van der Waals surface area contributed by atoms with Gasteiger partial charge in [-0.05, 0) is 30.7 Å². The molecule has 2 amide bonds. The van der Waals surface area contributed by atoms with Gasteiger partial charge in [0.2, 0.25) is 11.8 Å². The van der Waals surface area contributed by atoms with Gasteiger partial charge in [-0.3, -0.25) is 9.59 Å². The Morgan fingerprint density at radius 1 is 1.28 bits per heavy atom. The summed E-state index contributed by atoms with van der Waals surface area (Å²) >= 11 is 6.01. The smallest absolute Gasteiger partial charge is 0.248 e. The van der Waals surface area contributed by atoms with Crippen LogP contribution in [0.15, 0.2) is 18.2 Å². The topological polar surface area (TPSA) is 98.2 Å². The Kier molecular flexibility index (Phi) is 5.61. The van der Waals surface area contributed by atoms with E-state index >= 15 is 0 Å². The highest BCUT2D eigenvalue weighted by Gasteiger charge is 2.05. The van der Waals surface area contributed by atoms with Crippen molar-refractivity contribution < 1.29 is 9.59 Å². The van der Waals surface area contributed by atoms with Crippen molar-refractivity contribution in [3.63, 3.8) is 0 Å². The molecule has 0 heterocycles. The fourth-order valence-electron chi connectivity index (χ4n) is 1.45. The lowest BCUT2D eigenvalue weighted by Gasteiger charge is -2.07. The van der Waals surface area contributed by atoms with E-state index in [9.17, 15) is 9.59 Å². The third-order valence-corrected chi connectivity index (χ3v) is 2.78. The van der Waals surface area contributed by atoms with E-state index in [0.717, 1.165) is 5.56 Å². The van der Waals surface area contributed by atoms with Crippen LogP contribution in [0, 0.1) is 0 Å². The van der Waals surface area contributed by atoms with E-state index < -0.39 is 5.91 Å². The lowest BCUT2D eigenvalue weighted by molar-refractivity contribution is -0.118. The number of carbonyl (C=O) groups excluding carboxylic acids is 2. The molecule has 18 heavy (non-hydrogen) atoms. The molecule has 0 saturated heterocycles. The Morgan fingerprint density at radius 2 is 2.00 bits per heavy atom. The lowest BCUT2D eigenvalue weighted by Crippen LogP contribution is -2.18. The van der Waals surface area contributed by atoms with Crippen molar-refractivity contribution >= 4 is 23.4 Å². The molecule has 5 N–H and O–H groups in total. The molecule has 0 radical (unpaired) electrons. The molecule has 1 aromatic carbocycles. The van der Waals surface area contributed by atoms with Gasteiger partial charge in [0.05, 0.1) is 0 Å². The Morgan fingerprint density at radius 3 is 2.56 bits per heavy atom. The summed E-state index contributed by atoms with van der Waals surface area (Å²) in [7, 11) is 0. The first-order valence-electron chi connectivity index (χ1n) is 5.58. The van der Waals surface area contributed by atoms with Gasteiger partial charge in [0.25, 0.3) is 0 Å². The normalized spacial score (nSPS) is 10.3. The minimum Gasteiger partial charge on any atom is -0.370 e. The maximum atomic E-state index is 10.9. The first kappa shape index (κ1) is 14.5. The Labute approximate surface area is 110 Å². The van der Waals surface area contributed by atoms with Gasteiger partial charge in [-0.2, -0.15) is 0 Å². The van der Waals surface area contributed by atoms with Gasteiger partial charge in [0.1, 0.15) is 0 Å². The van der Waals surface area contributed by atoms with E-state index in [1.807, 2.05) is 0 Å². The van der Waals surface area contributed by atoms with Crippen LogP contribution in [-0.2, 0) is 11.3 Å². The number of halogens is 1. The zero-order valence-electron chi connectivity index (χ0n) is 9.91. The van der Waals surface area contributed by atoms with Crippen molar-refractivity contribution in [1.29, 1.82) is 0 Å². The zero-order valence-corrected chi connectivity index (χ0v) is 10.7. The number of nitrogens with one attached hydrogen (secondary N) is 1. The fourth-order valence-corrected chi connectivity index (χ4v) is 1.70. The van der Waals surface area contributed by atoms with E-state index in [4.69, 9.17) is 23.1 Å². The number of primary amides is 2. The maximum absolute atomic E-state index is 10.9. The van der Waals surface area contributed by atoms with Crippen LogP contribution in [0.5, 0.6) is 0 Å².